The smallest absolute Gasteiger partial charge is 0.462 e. The molecule has 0 saturated heterocycles. The standard InChI is InChI=1S/C71H138O17P2/c1-9-63(7)49-41-33-24-17-15-13-11-12-14-16-18-27-37-45-53-70(75)87-67(58-82-69(74)52-44-36-30-29-32-40-48-62(5)6)60-86-90(79,80)84-56-65(72)55-83-89(77,78)85-59-66(88-71(76)54-46-38-28-21-19-23-31-39-47-61(3)4)57-81-68(73)51-43-35-26-22-20-25-34-42-50-64(8)10-2/h61-67,72H,9-60H2,1-8H3,(H,77,78)(H,79,80)/t63?,64?,65-,66-,67-/m1/s1. The first-order chi connectivity index (χ1) is 43.2. The lowest BCUT2D eigenvalue weighted by atomic mass is 9.99. The lowest BCUT2D eigenvalue weighted by molar-refractivity contribution is -0.161. The molecule has 0 aromatic carbocycles. The zero-order valence-corrected chi connectivity index (χ0v) is 60.6. The van der Waals surface area contributed by atoms with E-state index < -0.39 is 97.5 Å². The first-order valence-corrected chi connectivity index (χ1v) is 39.8. The van der Waals surface area contributed by atoms with Gasteiger partial charge in [0.15, 0.2) is 12.2 Å². The van der Waals surface area contributed by atoms with E-state index in [1.807, 2.05) is 0 Å². The molecule has 534 valence electrons. The minimum Gasteiger partial charge on any atom is -0.462 e. The van der Waals surface area contributed by atoms with Crippen LogP contribution < -0.4 is 0 Å². The Hall–Kier alpha value is -1.94. The van der Waals surface area contributed by atoms with E-state index in [9.17, 15) is 43.2 Å². The summed E-state index contributed by atoms with van der Waals surface area (Å²) in [7, 11) is -9.90. The van der Waals surface area contributed by atoms with Gasteiger partial charge in [0, 0.05) is 25.7 Å². The summed E-state index contributed by atoms with van der Waals surface area (Å²) in [5.74, 6) is 0.889. The fraction of sp³-hybridized carbons (Fsp3) is 0.944. The van der Waals surface area contributed by atoms with Gasteiger partial charge >= 0.3 is 39.5 Å². The molecule has 0 aliphatic heterocycles. The van der Waals surface area contributed by atoms with Gasteiger partial charge in [-0.15, -0.1) is 0 Å². The largest absolute Gasteiger partial charge is 0.472 e. The number of carbonyl (C=O) groups is 4. The topological polar surface area (TPSA) is 237 Å². The van der Waals surface area contributed by atoms with Gasteiger partial charge in [0.1, 0.15) is 19.3 Å². The van der Waals surface area contributed by atoms with E-state index in [2.05, 4.69) is 55.4 Å². The molecule has 4 unspecified atom stereocenters. The molecule has 19 heteroatoms. The van der Waals surface area contributed by atoms with Crippen LogP contribution in [0.15, 0.2) is 0 Å². The maximum Gasteiger partial charge on any atom is 0.472 e. The van der Waals surface area contributed by atoms with E-state index in [0.717, 1.165) is 114 Å². The molecular formula is C71H138O17P2. The zero-order valence-electron chi connectivity index (χ0n) is 58.8. The maximum atomic E-state index is 13.0. The Labute approximate surface area is 549 Å². The van der Waals surface area contributed by atoms with Gasteiger partial charge in [-0.2, -0.15) is 0 Å². The molecule has 0 heterocycles. The van der Waals surface area contributed by atoms with Crippen molar-refractivity contribution in [2.45, 2.75) is 369 Å². The molecule has 0 amide bonds. The highest BCUT2D eigenvalue weighted by molar-refractivity contribution is 7.47. The summed E-state index contributed by atoms with van der Waals surface area (Å²) in [6.07, 6.45) is 43.2. The van der Waals surface area contributed by atoms with Gasteiger partial charge in [0.05, 0.1) is 26.4 Å². The Kier molecular flexibility index (Phi) is 59.4. The van der Waals surface area contributed by atoms with Crippen LogP contribution in [0.3, 0.4) is 0 Å². The van der Waals surface area contributed by atoms with Crippen molar-refractivity contribution >= 4 is 39.5 Å². The summed E-state index contributed by atoms with van der Waals surface area (Å²) in [6, 6.07) is 0. The summed E-state index contributed by atoms with van der Waals surface area (Å²) in [5.41, 5.74) is 0. The SMILES string of the molecule is CCC(C)CCCCCCCCCCCCCCCCC(=O)O[C@H](COC(=O)CCCCCCCCC(C)C)COP(=O)(O)OC[C@H](O)COP(=O)(O)OC[C@@H](COC(=O)CCCCCCCCCCC(C)CC)OC(=O)CCCCCCCCCCC(C)C. The Morgan fingerprint density at radius 2 is 0.533 bits per heavy atom. The van der Waals surface area contributed by atoms with Gasteiger partial charge in [0.25, 0.3) is 0 Å². The monoisotopic (exact) mass is 1320 g/mol. The minimum absolute atomic E-state index is 0.103. The number of hydrogen-bond donors (Lipinski definition) is 3. The van der Waals surface area contributed by atoms with E-state index in [0.29, 0.717) is 31.6 Å². The zero-order chi connectivity index (χ0) is 66.8. The van der Waals surface area contributed by atoms with Crippen LogP contribution in [0.2, 0.25) is 0 Å². The number of esters is 4. The summed E-state index contributed by atoms with van der Waals surface area (Å²) < 4.78 is 68.3. The van der Waals surface area contributed by atoms with Crippen molar-refractivity contribution in [2.75, 3.05) is 39.6 Å². The normalized spacial score (nSPS) is 14.9. The molecule has 0 aliphatic rings. The van der Waals surface area contributed by atoms with Crippen molar-refractivity contribution in [3.8, 4) is 0 Å². The number of ether oxygens (including phenoxy) is 4. The fourth-order valence-corrected chi connectivity index (χ4v) is 12.2. The van der Waals surface area contributed by atoms with Gasteiger partial charge in [-0.25, -0.2) is 9.13 Å². The number of hydrogen-bond acceptors (Lipinski definition) is 15. The van der Waals surface area contributed by atoms with E-state index >= 15 is 0 Å². The molecule has 0 rings (SSSR count). The van der Waals surface area contributed by atoms with E-state index in [1.165, 1.54) is 148 Å². The van der Waals surface area contributed by atoms with Crippen molar-refractivity contribution in [1.29, 1.82) is 0 Å². The Morgan fingerprint density at radius 1 is 0.311 bits per heavy atom. The molecule has 0 spiro atoms. The van der Waals surface area contributed by atoms with Gasteiger partial charge in [-0.3, -0.25) is 37.3 Å². The van der Waals surface area contributed by atoms with Crippen LogP contribution in [0.5, 0.6) is 0 Å². The highest BCUT2D eigenvalue weighted by Crippen LogP contribution is 2.45. The second kappa shape index (κ2) is 60.7. The molecule has 0 aromatic rings. The summed E-state index contributed by atoms with van der Waals surface area (Å²) in [5, 5.41) is 10.6. The number of aliphatic hydroxyl groups is 1. The quantitative estimate of drug-likeness (QED) is 0.0222. The molecule has 0 aromatic heterocycles. The molecule has 0 bridgehead atoms. The van der Waals surface area contributed by atoms with Crippen molar-refractivity contribution in [2.24, 2.45) is 23.7 Å². The number of aliphatic hydroxyl groups excluding tert-OH is 1. The summed E-state index contributed by atoms with van der Waals surface area (Å²) in [6.45, 7) is 14.1. The number of phosphoric ester groups is 2. The first-order valence-electron chi connectivity index (χ1n) is 36.8. The summed E-state index contributed by atoms with van der Waals surface area (Å²) in [4.78, 5) is 72.5. The second-order valence-corrected chi connectivity index (χ2v) is 30.0. The van der Waals surface area contributed by atoms with Crippen LogP contribution in [-0.2, 0) is 65.4 Å². The molecule has 0 radical (unpaired) electrons. The van der Waals surface area contributed by atoms with Crippen LogP contribution in [0.25, 0.3) is 0 Å². The van der Waals surface area contributed by atoms with E-state index in [1.54, 1.807) is 0 Å². The first kappa shape index (κ1) is 88.1. The third kappa shape index (κ3) is 62.2. The number of phosphoric acid groups is 2. The molecule has 0 saturated carbocycles. The minimum atomic E-state index is -4.95. The van der Waals surface area contributed by atoms with Gasteiger partial charge in [0.2, 0.25) is 0 Å². The Bertz CT molecular complexity index is 1790. The lowest BCUT2D eigenvalue weighted by Crippen LogP contribution is -2.30. The summed E-state index contributed by atoms with van der Waals surface area (Å²) >= 11 is 0. The van der Waals surface area contributed by atoms with Crippen LogP contribution in [-0.4, -0.2) is 96.7 Å². The Balaban J connectivity index is 5.21. The van der Waals surface area contributed by atoms with Crippen LogP contribution in [0.1, 0.15) is 351 Å². The van der Waals surface area contributed by atoms with Crippen LogP contribution in [0, 0.1) is 23.7 Å². The number of rotatable bonds is 68. The maximum absolute atomic E-state index is 13.0. The van der Waals surface area contributed by atoms with Crippen molar-refractivity contribution < 1.29 is 80.2 Å². The molecule has 0 fully saturated rings. The average molecular weight is 1330 g/mol. The predicted octanol–water partition coefficient (Wildman–Crippen LogP) is 20.1. The highest BCUT2D eigenvalue weighted by atomic mass is 31.2. The number of unbranched alkanes of at least 4 members (excludes halogenated alkanes) is 32. The molecule has 3 N–H and O–H groups in total. The van der Waals surface area contributed by atoms with Crippen molar-refractivity contribution in [1.82, 2.24) is 0 Å². The Morgan fingerprint density at radius 3 is 0.789 bits per heavy atom. The van der Waals surface area contributed by atoms with Crippen molar-refractivity contribution in [3.05, 3.63) is 0 Å². The van der Waals surface area contributed by atoms with Gasteiger partial charge in [-0.05, 0) is 49.4 Å². The third-order valence-electron chi connectivity index (χ3n) is 17.0. The number of carbonyl (C=O) groups excluding carboxylic acids is 4. The fourth-order valence-electron chi connectivity index (χ4n) is 10.6. The predicted molar refractivity (Wildman–Crippen MR) is 363 cm³/mol. The molecular weight excluding hydrogens is 1190 g/mol. The van der Waals surface area contributed by atoms with Crippen LogP contribution >= 0.6 is 15.6 Å². The molecule has 0 aliphatic carbocycles. The van der Waals surface area contributed by atoms with Crippen molar-refractivity contribution in [3.63, 3.8) is 0 Å². The molecule has 7 atom stereocenters. The third-order valence-corrected chi connectivity index (χ3v) is 18.9. The van der Waals surface area contributed by atoms with Crippen LogP contribution in [0.4, 0.5) is 0 Å². The molecule has 17 nitrogen and oxygen atoms in total. The second-order valence-electron chi connectivity index (χ2n) is 27.1. The van der Waals surface area contributed by atoms with E-state index in [-0.39, 0.29) is 25.7 Å². The van der Waals surface area contributed by atoms with Gasteiger partial charge in [-0.1, -0.05) is 299 Å². The average Bonchev–Trinajstić information content (AvgIpc) is 3.44. The molecule has 90 heavy (non-hydrogen) atoms. The highest BCUT2D eigenvalue weighted by Gasteiger charge is 2.30. The van der Waals surface area contributed by atoms with Gasteiger partial charge < -0.3 is 33.8 Å². The van der Waals surface area contributed by atoms with E-state index in [4.69, 9.17) is 37.0 Å². The lowest BCUT2D eigenvalue weighted by Gasteiger charge is -2.21.